The molecule has 0 bridgehead atoms. The highest BCUT2D eigenvalue weighted by Crippen LogP contribution is 2.02. The lowest BCUT2D eigenvalue weighted by molar-refractivity contribution is -2.00. The first kappa shape index (κ1) is 17.8. The van der Waals surface area contributed by atoms with E-state index in [0.29, 0.717) is 0 Å². The highest BCUT2D eigenvalue weighted by Gasteiger charge is 2.13. The van der Waals surface area contributed by atoms with Gasteiger partial charge in [-0.15, -0.1) is 10.2 Å². The highest BCUT2D eigenvalue weighted by molar-refractivity contribution is 5.30. The predicted molar refractivity (Wildman–Crippen MR) is 73.6 cm³/mol. The molecule has 7 nitrogen and oxygen atoms in total. The van der Waals surface area contributed by atoms with Crippen LogP contribution in [0.25, 0.3) is 11.4 Å². The van der Waals surface area contributed by atoms with Gasteiger partial charge in [0, 0.05) is 6.07 Å². The fourth-order valence-electron chi connectivity index (χ4n) is 2.02. The fraction of sp³-hybridized carbons (Fsp3) is 0. The first-order chi connectivity index (χ1) is 11.4. The second-order valence-corrected chi connectivity index (χ2v) is 5.32. The monoisotopic (exact) mass is 348 g/mol. The smallest absolute Gasteiger partial charge is 0.222 e. The Hall–Kier alpha value is -2.55. The number of nitrogens with zero attached hydrogens (tertiary/aromatic N) is 2. The number of aromatic nitrogens is 2. The molecule has 1 aromatic heterocycles. The largest absolute Gasteiger partial charge is 0.508 e. The van der Waals surface area contributed by atoms with Gasteiger partial charge in [0.25, 0.3) is 0 Å². The molecule has 0 atom stereocenters. The summed E-state index contributed by atoms with van der Waals surface area (Å²) in [4.78, 5) is 12.5. The Kier molecular flexibility index (Phi) is 5.80. The summed E-state index contributed by atoms with van der Waals surface area (Å²) in [7, 11) is -4.94. The van der Waals surface area contributed by atoms with Crippen molar-refractivity contribution in [3.05, 3.63) is 89.6 Å². The van der Waals surface area contributed by atoms with Crippen molar-refractivity contribution >= 4 is 0 Å². The number of hydrogen-bond acceptors (Lipinski definition) is 5. The van der Waals surface area contributed by atoms with Crippen LogP contribution in [0.4, 0.5) is 0 Å². The number of benzene rings is 2. The Morgan fingerprint density at radius 1 is 0.792 bits per heavy atom. The van der Waals surface area contributed by atoms with Crippen LogP contribution in [0.2, 0.25) is 0 Å². The molecule has 0 N–H and O–H groups in total. The van der Waals surface area contributed by atoms with Crippen LogP contribution in [-0.4, -0.2) is 4.57 Å². The molecule has 8 heteroatoms. The standard InChI is InChI=1S/C16H13N2O.ClHO4/c19-16-17(14-8-3-1-4-9-14)12-7-13-18(16)15-10-5-2-6-11-15;2-1(3,4)5/h1-13H;(H,2,3,4,5)/q+1;/p-1. The third-order valence-corrected chi connectivity index (χ3v) is 2.95. The van der Waals surface area contributed by atoms with Gasteiger partial charge in [-0.05, 0) is 24.3 Å². The van der Waals surface area contributed by atoms with Gasteiger partial charge in [-0.2, -0.15) is 13.9 Å². The first-order valence-corrected chi connectivity index (χ1v) is 7.95. The summed E-state index contributed by atoms with van der Waals surface area (Å²) in [6.45, 7) is 0. The van der Waals surface area contributed by atoms with E-state index >= 15 is 0 Å². The van der Waals surface area contributed by atoms with Crippen LogP contribution >= 0.6 is 0 Å². The minimum absolute atomic E-state index is 0.0834. The zero-order valence-electron chi connectivity index (χ0n) is 12.3. The van der Waals surface area contributed by atoms with Crippen molar-refractivity contribution in [1.29, 1.82) is 0 Å². The van der Waals surface area contributed by atoms with Crippen LogP contribution in [-0.2, 0) is 0 Å². The maximum Gasteiger partial charge on any atom is 0.508 e. The molecule has 0 aliphatic heterocycles. The highest BCUT2D eigenvalue weighted by atomic mass is 35.7. The Labute approximate surface area is 139 Å². The lowest BCUT2D eigenvalue weighted by Crippen LogP contribution is -2.68. The molecule has 0 saturated carbocycles. The van der Waals surface area contributed by atoms with Gasteiger partial charge >= 0.3 is 5.69 Å². The summed E-state index contributed by atoms with van der Waals surface area (Å²) in [5.41, 5.74) is 1.63. The SMILES string of the molecule is O=c1n(-c2ccccc2)ccc[n+]1-c1ccccc1.[O-][Cl+3]([O-])([O-])[O-]. The molecule has 0 aliphatic rings. The summed E-state index contributed by atoms with van der Waals surface area (Å²) in [6, 6.07) is 21.1. The molecule has 3 aromatic rings. The molecular formula is C16H13ClN2O5. The van der Waals surface area contributed by atoms with Crippen LogP contribution in [0.3, 0.4) is 0 Å². The molecule has 0 unspecified atom stereocenters. The van der Waals surface area contributed by atoms with Gasteiger partial charge in [0.05, 0.1) is 0 Å². The third kappa shape index (κ3) is 5.27. The molecule has 0 spiro atoms. The lowest BCUT2D eigenvalue weighted by atomic mass is 10.3. The molecule has 124 valence electrons. The first-order valence-electron chi connectivity index (χ1n) is 6.72. The predicted octanol–water partition coefficient (Wildman–Crippen LogP) is -2.64. The lowest BCUT2D eigenvalue weighted by Gasteiger charge is -2.17. The van der Waals surface area contributed by atoms with E-state index < -0.39 is 10.2 Å². The average Bonchev–Trinajstić information content (AvgIpc) is 2.55. The normalized spacial score (nSPS) is 10.7. The van der Waals surface area contributed by atoms with Crippen LogP contribution in [0.15, 0.2) is 83.9 Å². The molecule has 0 fully saturated rings. The number of hydrogen-bond donors (Lipinski definition) is 0. The number of para-hydroxylation sites is 2. The Balaban J connectivity index is 0.000000368. The van der Waals surface area contributed by atoms with Gasteiger partial charge < -0.3 is 0 Å². The van der Waals surface area contributed by atoms with Crippen molar-refractivity contribution in [2.45, 2.75) is 0 Å². The van der Waals surface area contributed by atoms with Crippen molar-refractivity contribution in [3.8, 4) is 11.4 Å². The Morgan fingerprint density at radius 3 is 1.83 bits per heavy atom. The van der Waals surface area contributed by atoms with Crippen LogP contribution < -0.4 is 28.9 Å². The van der Waals surface area contributed by atoms with E-state index in [1.54, 1.807) is 21.5 Å². The van der Waals surface area contributed by atoms with Gasteiger partial charge in [0.2, 0.25) is 0 Å². The maximum atomic E-state index is 12.5. The van der Waals surface area contributed by atoms with Crippen LogP contribution in [0.1, 0.15) is 0 Å². The maximum absolute atomic E-state index is 12.5. The van der Waals surface area contributed by atoms with Gasteiger partial charge in [0.15, 0.2) is 0 Å². The number of rotatable bonds is 2. The van der Waals surface area contributed by atoms with Crippen LogP contribution in [0.5, 0.6) is 0 Å². The van der Waals surface area contributed by atoms with Gasteiger partial charge in [-0.1, -0.05) is 36.4 Å². The van der Waals surface area contributed by atoms with Crippen molar-refractivity contribution in [2.75, 3.05) is 0 Å². The minimum atomic E-state index is -4.94. The zero-order valence-corrected chi connectivity index (χ0v) is 13.1. The second kappa shape index (κ2) is 7.82. The van der Waals surface area contributed by atoms with E-state index in [9.17, 15) is 4.79 Å². The van der Waals surface area contributed by atoms with Crippen molar-refractivity contribution < 1.29 is 33.4 Å². The molecule has 2 aromatic carbocycles. The second-order valence-electron chi connectivity index (χ2n) is 4.56. The van der Waals surface area contributed by atoms with E-state index in [1.165, 1.54) is 0 Å². The Morgan fingerprint density at radius 2 is 1.29 bits per heavy atom. The van der Waals surface area contributed by atoms with E-state index in [4.69, 9.17) is 18.6 Å². The van der Waals surface area contributed by atoms with E-state index in [2.05, 4.69) is 0 Å². The topological polar surface area (TPSA) is 118 Å². The summed E-state index contributed by atoms with van der Waals surface area (Å²) < 4.78 is 37.2. The van der Waals surface area contributed by atoms with E-state index in [-0.39, 0.29) is 5.69 Å². The quantitative estimate of drug-likeness (QED) is 0.469. The zero-order chi connectivity index (χ0) is 17.6. The van der Waals surface area contributed by atoms with Crippen molar-refractivity contribution in [1.82, 2.24) is 4.57 Å². The van der Waals surface area contributed by atoms with Crippen molar-refractivity contribution in [3.63, 3.8) is 0 Å². The molecule has 0 saturated heterocycles. The summed E-state index contributed by atoms with van der Waals surface area (Å²) in [5.74, 6) is 0. The summed E-state index contributed by atoms with van der Waals surface area (Å²) in [5, 5.41) is 0. The number of halogens is 1. The Bertz CT molecular complexity index is 766. The molecule has 3 rings (SSSR count). The molecule has 0 radical (unpaired) electrons. The molecule has 1 heterocycles. The van der Waals surface area contributed by atoms with Crippen molar-refractivity contribution in [2.24, 2.45) is 0 Å². The van der Waals surface area contributed by atoms with Crippen LogP contribution in [0, 0.1) is 10.2 Å². The summed E-state index contributed by atoms with van der Waals surface area (Å²) >= 11 is 0. The fourth-order valence-corrected chi connectivity index (χ4v) is 2.02. The molecule has 0 aliphatic carbocycles. The molecule has 0 amide bonds. The van der Waals surface area contributed by atoms with E-state index in [0.717, 1.165) is 11.4 Å². The van der Waals surface area contributed by atoms with Gasteiger partial charge in [-0.3, -0.25) is 0 Å². The van der Waals surface area contributed by atoms with Gasteiger partial charge in [0.1, 0.15) is 23.8 Å². The molecule has 24 heavy (non-hydrogen) atoms. The van der Waals surface area contributed by atoms with Gasteiger partial charge in [-0.25, -0.2) is 18.6 Å². The summed E-state index contributed by atoms with van der Waals surface area (Å²) in [6.07, 6.45) is 3.55. The average molecular weight is 349 g/mol. The molecular weight excluding hydrogens is 336 g/mol. The van der Waals surface area contributed by atoms with E-state index in [1.807, 2.05) is 66.7 Å². The minimum Gasteiger partial charge on any atom is -0.222 e. The third-order valence-electron chi connectivity index (χ3n) is 2.95.